The van der Waals surface area contributed by atoms with E-state index in [1.807, 2.05) is 0 Å². The van der Waals surface area contributed by atoms with Gasteiger partial charge in [-0.05, 0) is 115 Å². The highest BCUT2D eigenvalue weighted by Crippen LogP contribution is 2.40. The average molecular weight is 897 g/mol. The van der Waals surface area contributed by atoms with E-state index in [0.717, 1.165) is 18.2 Å². The maximum Gasteiger partial charge on any atom is 0.298 e. The summed E-state index contributed by atoms with van der Waals surface area (Å²) in [7, 11) is -7.87. The molecule has 312 valence electrons. The van der Waals surface area contributed by atoms with Crippen molar-refractivity contribution in [3.8, 4) is 34.5 Å². The third kappa shape index (κ3) is 11.0. The highest BCUT2D eigenvalue weighted by Gasteiger charge is 2.26. The largest absolute Gasteiger partial charge is 0.497 e. The minimum Gasteiger partial charge on any atom is -0.497 e. The molecule has 0 heterocycles. The van der Waals surface area contributed by atoms with Crippen molar-refractivity contribution in [1.29, 1.82) is 0 Å². The summed E-state index contributed by atoms with van der Waals surface area (Å²) in [6, 6.07) is 31.7. The Hall–Kier alpha value is -5.49. The zero-order valence-corrected chi connectivity index (χ0v) is 34.4. The van der Waals surface area contributed by atoms with Gasteiger partial charge in [0.1, 0.15) is 46.0 Å². The van der Waals surface area contributed by atoms with Crippen LogP contribution in [-0.4, -0.2) is 44.8 Å². The van der Waals surface area contributed by atoms with E-state index in [4.69, 9.17) is 29.5 Å². The molecule has 3 N–H and O–H groups in total. The fourth-order valence-corrected chi connectivity index (χ4v) is 8.44. The van der Waals surface area contributed by atoms with Gasteiger partial charge in [0.25, 0.3) is 10.1 Å². The van der Waals surface area contributed by atoms with Crippen molar-refractivity contribution in [3.63, 3.8) is 0 Å². The molecule has 16 nitrogen and oxygen atoms in total. The number of aryl methyl sites for hydroxylation is 1. The highest BCUT2D eigenvalue weighted by atomic mass is 32.2. The Morgan fingerprint density at radius 2 is 1.13 bits per heavy atom. The minimum absolute atomic E-state index is 0.0553. The van der Waals surface area contributed by atoms with E-state index in [1.54, 1.807) is 86.8 Å². The van der Waals surface area contributed by atoms with Crippen LogP contribution >= 0.6 is 24.1 Å². The third-order valence-corrected chi connectivity index (χ3v) is 12.4. The second-order valence-electron chi connectivity index (χ2n) is 12.3. The van der Waals surface area contributed by atoms with Crippen molar-refractivity contribution < 1.29 is 74.4 Å². The zero-order valence-electron chi connectivity index (χ0n) is 31.1. The summed E-state index contributed by atoms with van der Waals surface area (Å²) in [4.78, 5) is 11.9. The van der Waals surface area contributed by atoms with Gasteiger partial charge in [-0.25, -0.2) is 18.9 Å². The molecule has 0 atom stereocenters. The second kappa shape index (κ2) is 19.7. The number of rotatable bonds is 19. The fourth-order valence-electron chi connectivity index (χ4n) is 5.40. The summed E-state index contributed by atoms with van der Waals surface area (Å²) in [6.07, 6.45) is 0. The maximum atomic E-state index is 13.5. The molecular formula is C40H32O16S4. The molecule has 0 saturated heterocycles. The SMILES string of the molecule is COc1ccc(Oc2ccc(C(=O)c3ccc(COc4ccc(Oc5ccc(S(=O)(=O)c6ccc(C)c(SOOO)c6)cc5S(=O)(=O)O)c(SOOO)c4)cc3)cc2)cc1. The van der Waals surface area contributed by atoms with E-state index < -0.39 is 35.5 Å². The number of benzene rings is 6. The molecule has 0 spiro atoms. The molecule has 6 aromatic carbocycles. The van der Waals surface area contributed by atoms with Gasteiger partial charge in [0.15, 0.2) is 5.78 Å². The summed E-state index contributed by atoms with van der Waals surface area (Å²) in [5, 5.41) is 24.6. The van der Waals surface area contributed by atoms with Crippen molar-refractivity contribution in [3.05, 3.63) is 150 Å². The number of carbonyl (C=O) groups is 1. The van der Waals surface area contributed by atoms with Gasteiger partial charge in [-0.15, -0.1) is 8.67 Å². The van der Waals surface area contributed by atoms with Crippen LogP contribution in [0.1, 0.15) is 27.0 Å². The molecule has 0 aliphatic carbocycles. The molecule has 6 rings (SSSR count). The van der Waals surface area contributed by atoms with E-state index in [-0.39, 0.29) is 38.6 Å². The lowest BCUT2D eigenvalue weighted by Gasteiger charge is -2.15. The van der Waals surface area contributed by atoms with Crippen molar-refractivity contribution in [2.24, 2.45) is 0 Å². The predicted molar refractivity (Wildman–Crippen MR) is 214 cm³/mol. The van der Waals surface area contributed by atoms with Crippen molar-refractivity contribution in [2.45, 2.75) is 38.0 Å². The summed E-state index contributed by atoms with van der Waals surface area (Å²) >= 11 is 1.00. The van der Waals surface area contributed by atoms with Crippen molar-refractivity contribution in [2.75, 3.05) is 7.11 Å². The summed E-state index contributed by atoms with van der Waals surface area (Å²) in [5.41, 5.74) is 2.20. The Labute approximate surface area is 351 Å². The number of ketones is 1. The summed E-state index contributed by atoms with van der Waals surface area (Å²) in [6.45, 7) is 1.71. The lowest BCUT2D eigenvalue weighted by Crippen LogP contribution is -2.07. The number of carbonyl (C=O) groups excluding carboxylic acids is 1. The first kappa shape index (κ1) is 44.1. The van der Waals surface area contributed by atoms with E-state index >= 15 is 0 Å². The Kier molecular flexibility index (Phi) is 14.5. The van der Waals surface area contributed by atoms with Crippen LogP contribution in [0.3, 0.4) is 0 Å². The Morgan fingerprint density at radius 3 is 1.75 bits per heavy atom. The van der Waals surface area contributed by atoms with E-state index in [2.05, 4.69) is 18.7 Å². The Balaban J connectivity index is 1.14. The van der Waals surface area contributed by atoms with Gasteiger partial charge in [0, 0.05) is 16.0 Å². The normalized spacial score (nSPS) is 11.6. The first-order chi connectivity index (χ1) is 28.8. The van der Waals surface area contributed by atoms with Gasteiger partial charge in [0.05, 0.1) is 45.9 Å². The molecule has 0 radical (unpaired) electrons. The van der Waals surface area contributed by atoms with Crippen LogP contribution in [0.2, 0.25) is 0 Å². The van der Waals surface area contributed by atoms with Gasteiger partial charge in [0.2, 0.25) is 9.84 Å². The zero-order chi connectivity index (χ0) is 42.9. The molecule has 0 bridgehead atoms. The molecule has 0 saturated carbocycles. The number of hydrogen-bond acceptors (Lipinski definition) is 17. The second-order valence-corrected chi connectivity index (χ2v) is 17.1. The molecule has 0 fully saturated rings. The van der Waals surface area contributed by atoms with Crippen molar-refractivity contribution >= 4 is 49.8 Å². The van der Waals surface area contributed by atoms with Gasteiger partial charge in [-0.1, -0.05) is 40.4 Å². The van der Waals surface area contributed by atoms with Crippen LogP contribution in [0, 0.1) is 6.92 Å². The molecular weight excluding hydrogens is 865 g/mol. The maximum absolute atomic E-state index is 13.5. The van der Waals surface area contributed by atoms with Crippen LogP contribution in [-0.2, 0) is 45.3 Å². The molecule has 20 heteroatoms. The first-order valence-corrected chi connectivity index (χ1v) is 21.5. The average Bonchev–Trinajstić information content (AvgIpc) is 3.25. The van der Waals surface area contributed by atoms with E-state index in [1.165, 1.54) is 36.4 Å². The van der Waals surface area contributed by atoms with Gasteiger partial charge in [-0.2, -0.15) is 8.42 Å². The van der Waals surface area contributed by atoms with Gasteiger partial charge in [-0.3, -0.25) is 9.35 Å². The quantitative estimate of drug-likeness (QED) is 0.0227. The molecule has 0 aliphatic rings. The van der Waals surface area contributed by atoms with E-state index in [9.17, 15) is 26.2 Å². The lowest BCUT2D eigenvalue weighted by molar-refractivity contribution is -0.432. The molecule has 60 heavy (non-hydrogen) atoms. The molecule has 6 aromatic rings. The smallest absolute Gasteiger partial charge is 0.298 e. The Bertz CT molecular complexity index is 2670. The number of sulfone groups is 1. The van der Waals surface area contributed by atoms with Gasteiger partial charge < -0.3 is 18.9 Å². The summed E-state index contributed by atoms with van der Waals surface area (Å²) in [5.74, 6) is 1.42. The lowest BCUT2D eigenvalue weighted by atomic mass is 10.0. The topological polar surface area (TPSA) is 220 Å². The molecule has 0 unspecified atom stereocenters. The predicted octanol–water partition coefficient (Wildman–Crippen LogP) is 9.33. The van der Waals surface area contributed by atoms with E-state index in [0.29, 0.717) is 63.6 Å². The van der Waals surface area contributed by atoms with Crippen LogP contribution in [0.4, 0.5) is 0 Å². The van der Waals surface area contributed by atoms with Crippen LogP contribution in [0.15, 0.2) is 152 Å². The van der Waals surface area contributed by atoms with Crippen LogP contribution in [0.25, 0.3) is 0 Å². The Morgan fingerprint density at radius 1 is 0.600 bits per heavy atom. The first-order valence-electron chi connectivity index (χ1n) is 17.1. The number of hydrogen-bond donors (Lipinski definition) is 3. The minimum atomic E-state index is -5.08. The standard InChI is InChI=1S/C40H32O16S4/c1-25-3-17-33(22-37(25)57-55-53-42)59(44,45)34-18-20-36(39(23-34)60(46,47)48)52-35-19-16-32(21-38(35)58-56-54-43)50-24-26-4-6-27(7-5-26)40(41)28-8-10-30(11-9-28)51-31-14-12-29(49-2)13-15-31/h3-23,42-43H,24H2,1-2H3,(H,46,47,48). The van der Waals surface area contributed by atoms with Crippen LogP contribution < -0.4 is 18.9 Å². The summed E-state index contributed by atoms with van der Waals surface area (Å²) < 4.78 is 94.0. The highest BCUT2D eigenvalue weighted by molar-refractivity contribution is 7.95. The third-order valence-electron chi connectivity index (χ3n) is 8.45. The fraction of sp³-hybridized carbons (Fsp3) is 0.0750. The molecule has 0 amide bonds. The van der Waals surface area contributed by atoms with Crippen molar-refractivity contribution in [1.82, 2.24) is 0 Å². The number of methoxy groups -OCH3 is 1. The molecule has 0 aliphatic heterocycles. The number of ether oxygens (including phenoxy) is 4. The monoisotopic (exact) mass is 896 g/mol. The van der Waals surface area contributed by atoms with Gasteiger partial charge >= 0.3 is 0 Å². The molecule has 0 aromatic heterocycles. The van der Waals surface area contributed by atoms with Crippen LogP contribution in [0.5, 0.6) is 34.5 Å².